The van der Waals surface area contributed by atoms with Crippen LogP contribution < -0.4 is 19.1 Å². The second kappa shape index (κ2) is 9.66. The highest BCUT2D eigenvalue weighted by molar-refractivity contribution is 6.31. The molecule has 1 fully saturated rings. The van der Waals surface area contributed by atoms with Gasteiger partial charge in [-0.05, 0) is 18.2 Å². The van der Waals surface area contributed by atoms with Crippen LogP contribution in [0.3, 0.4) is 0 Å². The van der Waals surface area contributed by atoms with Gasteiger partial charge in [0.1, 0.15) is 6.54 Å². The highest BCUT2D eigenvalue weighted by Crippen LogP contribution is 2.37. The third-order valence-corrected chi connectivity index (χ3v) is 5.27. The fourth-order valence-corrected chi connectivity index (χ4v) is 3.54. The zero-order valence-corrected chi connectivity index (χ0v) is 17.3. The summed E-state index contributed by atoms with van der Waals surface area (Å²) in [7, 11) is 4.82. The fraction of sp³-hybridized carbons (Fsp3) is 0.381. The summed E-state index contributed by atoms with van der Waals surface area (Å²) in [6.45, 7) is 4.81. The van der Waals surface area contributed by atoms with Crippen LogP contribution in [-0.2, 0) is 6.54 Å². The molecule has 0 aliphatic carbocycles. The Bertz CT molecular complexity index is 795. The largest absolute Gasteiger partial charge is 0.493 e. The van der Waals surface area contributed by atoms with Gasteiger partial charge >= 0.3 is 0 Å². The number of hydrazone groups is 1. The summed E-state index contributed by atoms with van der Waals surface area (Å²) in [5.74, 6) is 1.83. The molecule has 150 valence electrons. The first-order chi connectivity index (χ1) is 13.6. The number of hydrogen-bond donors (Lipinski definition) is 1. The average molecular weight is 405 g/mol. The summed E-state index contributed by atoms with van der Waals surface area (Å²) in [6, 6.07) is 11.8. The smallest absolute Gasteiger partial charge is 0.203 e. The van der Waals surface area contributed by atoms with Crippen molar-refractivity contribution in [2.75, 3.05) is 47.5 Å². The molecule has 28 heavy (non-hydrogen) atoms. The van der Waals surface area contributed by atoms with Gasteiger partial charge in [0.15, 0.2) is 11.5 Å². The van der Waals surface area contributed by atoms with Crippen LogP contribution in [0.15, 0.2) is 41.5 Å². The molecule has 0 bridgehead atoms. The van der Waals surface area contributed by atoms with Crippen LogP contribution in [0.4, 0.5) is 0 Å². The number of halogens is 1. The number of methoxy groups -OCH3 is 3. The number of benzene rings is 2. The molecule has 7 heteroatoms. The number of rotatable bonds is 7. The van der Waals surface area contributed by atoms with E-state index >= 15 is 0 Å². The normalized spacial score (nSPS) is 15.1. The van der Waals surface area contributed by atoms with E-state index in [4.69, 9.17) is 25.8 Å². The van der Waals surface area contributed by atoms with Crippen LogP contribution in [-0.4, -0.2) is 58.7 Å². The van der Waals surface area contributed by atoms with Crippen LogP contribution in [0.1, 0.15) is 11.1 Å². The van der Waals surface area contributed by atoms with E-state index < -0.39 is 0 Å². The lowest BCUT2D eigenvalue weighted by Crippen LogP contribution is -3.13. The summed E-state index contributed by atoms with van der Waals surface area (Å²) < 4.78 is 16.2. The maximum atomic E-state index is 6.28. The first kappa shape index (κ1) is 20.3. The Hall–Kier alpha value is -2.44. The van der Waals surface area contributed by atoms with Gasteiger partial charge in [-0.3, -0.25) is 5.01 Å². The number of quaternary nitrogens is 1. The van der Waals surface area contributed by atoms with Gasteiger partial charge in [-0.25, -0.2) is 0 Å². The second-order valence-corrected chi connectivity index (χ2v) is 7.08. The third kappa shape index (κ3) is 4.88. The summed E-state index contributed by atoms with van der Waals surface area (Å²) >= 11 is 6.28. The van der Waals surface area contributed by atoms with Crippen molar-refractivity contribution in [2.45, 2.75) is 6.54 Å². The molecule has 2 aromatic carbocycles. The molecule has 1 N–H and O–H groups in total. The quantitative estimate of drug-likeness (QED) is 0.718. The van der Waals surface area contributed by atoms with Crippen molar-refractivity contribution < 1.29 is 19.1 Å². The van der Waals surface area contributed by atoms with Crippen LogP contribution in [0.2, 0.25) is 5.02 Å². The Kier molecular flexibility index (Phi) is 7.01. The molecule has 0 amide bonds. The highest BCUT2D eigenvalue weighted by Gasteiger charge is 2.20. The molecule has 6 nitrogen and oxygen atoms in total. The van der Waals surface area contributed by atoms with E-state index in [-0.39, 0.29) is 0 Å². The van der Waals surface area contributed by atoms with Crippen LogP contribution in [0.25, 0.3) is 0 Å². The van der Waals surface area contributed by atoms with E-state index in [1.165, 1.54) is 10.5 Å². The molecule has 1 aliphatic heterocycles. The highest BCUT2D eigenvalue weighted by atomic mass is 35.5. The lowest BCUT2D eigenvalue weighted by Gasteiger charge is -2.30. The van der Waals surface area contributed by atoms with E-state index in [0.29, 0.717) is 17.2 Å². The Morgan fingerprint density at radius 2 is 1.68 bits per heavy atom. The van der Waals surface area contributed by atoms with Gasteiger partial charge in [-0.1, -0.05) is 29.8 Å². The molecule has 0 atom stereocenters. The number of ether oxygens (including phenoxy) is 3. The summed E-state index contributed by atoms with van der Waals surface area (Å²) in [4.78, 5) is 1.52. The predicted octanol–water partition coefficient (Wildman–Crippen LogP) is 2.10. The van der Waals surface area contributed by atoms with Gasteiger partial charge in [-0.2, -0.15) is 5.10 Å². The van der Waals surface area contributed by atoms with Gasteiger partial charge in [-0.15, -0.1) is 0 Å². The molecule has 0 saturated carbocycles. The minimum absolute atomic E-state index is 0.582. The topological polar surface area (TPSA) is 47.7 Å². The summed E-state index contributed by atoms with van der Waals surface area (Å²) in [5.41, 5.74) is 2.11. The van der Waals surface area contributed by atoms with Gasteiger partial charge in [0, 0.05) is 16.1 Å². The van der Waals surface area contributed by atoms with Crippen molar-refractivity contribution >= 4 is 17.8 Å². The van der Waals surface area contributed by atoms with Crippen molar-refractivity contribution in [2.24, 2.45) is 5.10 Å². The van der Waals surface area contributed by atoms with E-state index in [1.807, 2.05) is 36.5 Å². The molecule has 0 unspecified atom stereocenters. The standard InChI is InChI=1S/C21H26ClN3O3/c1-26-19-12-16(13-20(27-2)21(19)28-3)14-23-25-10-8-24(9-11-25)15-17-6-4-5-7-18(17)22/h4-7,12-14H,8-11,15H2,1-3H3/p+1. The molecule has 0 radical (unpaired) electrons. The third-order valence-electron chi connectivity index (χ3n) is 4.90. The van der Waals surface area contributed by atoms with Crippen molar-refractivity contribution in [3.8, 4) is 17.2 Å². The zero-order valence-electron chi connectivity index (χ0n) is 16.6. The molecule has 2 aromatic rings. The van der Waals surface area contributed by atoms with Gasteiger partial charge in [0.05, 0.1) is 53.7 Å². The lowest BCUT2D eigenvalue weighted by atomic mass is 10.2. The van der Waals surface area contributed by atoms with Crippen molar-refractivity contribution in [3.63, 3.8) is 0 Å². The van der Waals surface area contributed by atoms with Gasteiger partial charge in [0.25, 0.3) is 0 Å². The Labute approximate surface area is 171 Å². The first-order valence-electron chi connectivity index (χ1n) is 9.30. The average Bonchev–Trinajstić information content (AvgIpc) is 2.74. The van der Waals surface area contributed by atoms with Gasteiger partial charge in [0.2, 0.25) is 5.75 Å². The molecule has 0 spiro atoms. The van der Waals surface area contributed by atoms with Crippen LogP contribution in [0, 0.1) is 0 Å². The SMILES string of the molecule is COc1cc(C=NN2CC[NH+](Cc3ccccc3Cl)CC2)cc(OC)c1OC. The molecule has 1 saturated heterocycles. The van der Waals surface area contributed by atoms with Crippen molar-refractivity contribution in [1.29, 1.82) is 0 Å². The Balaban J connectivity index is 1.60. The minimum Gasteiger partial charge on any atom is -0.493 e. The number of hydrogen-bond acceptors (Lipinski definition) is 5. The van der Waals surface area contributed by atoms with Gasteiger partial charge < -0.3 is 19.1 Å². The second-order valence-electron chi connectivity index (χ2n) is 6.68. The molecule has 1 heterocycles. The zero-order chi connectivity index (χ0) is 19.9. The van der Waals surface area contributed by atoms with Crippen molar-refractivity contribution in [1.82, 2.24) is 5.01 Å². The van der Waals surface area contributed by atoms with Crippen molar-refractivity contribution in [3.05, 3.63) is 52.5 Å². The predicted molar refractivity (Wildman–Crippen MR) is 111 cm³/mol. The fourth-order valence-electron chi connectivity index (χ4n) is 3.34. The van der Waals surface area contributed by atoms with E-state index in [9.17, 15) is 0 Å². The molecular formula is C21H27ClN3O3+. The number of piperazine rings is 1. The van der Waals surface area contributed by atoms with E-state index in [1.54, 1.807) is 21.3 Å². The van der Waals surface area contributed by atoms with E-state index in [2.05, 4.69) is 16.2 Å². The molecule has 3 rings (SSSR count). The minimum atomic E-state index is 0.582. The lowest BCUT2D eigenvalue weighted by molar-refractivity contribution is -0.918. The maximum absolute atomic E-state index is 6.28. The Morgan fingerprint density at radius 3 is 2.25 bits per heavy atom. The summed E-state index contributed by atoms with van der Waals surface area (Å²) in [6.07, 6.45) is 1.84. The van der Waals surface area contributed by atoms with Crippen LogP contribution >= 0.6 is 11.6 Å². The van der Waals surface area contributed by atoms with Crippen LogP contribution in [0.5, 0.6) is 17.2 Å². The number of nitrogens with zero attached hydrogens (tertiary/aromatic N) is 2. The van der Waals surface area contributed by atoms with E-state index in [0.717, 1.165) is 43.3 Å². The Morgan fingerprint density at radius 1 is 1.04 bits per heavy atom. The number of nitrogens with one attached hydrogen (secondary N) is 1. The molecule has 1 aliphatic rings. The summed E-state index contributed by atoms with van der Waals surface area (Å²) in [5, 5.41) is 7.58. The molecular weight excluding hydrogens is 378 g/mol. The molecule has 0 aromatic heterocycles. The first-order valence-corrected chi connectivity index (χ1v) is 9.68. The maximum Gasteiger partial charge on any atom is 0.203 e. The monoisotopic (exact) mass is 404 g/mol.